The van der Waals surface area contributed by atoms with Crippen molar-refractivity contribution in [2.24, 2.45) is 0 Å². The zero-order chi connectivity index (χ0) is 15.7. The van der Waals surface area contributed by atoms with Crippen LogP contribution in [0.1, 0.15) is 21.8 Å². The van der Waals surface area contributed by atoms with Crippen molar-refractivity contribution >= 4 is 38.1 Å². The SMILES string of the molecule is Cc1nnc(NC(=O)c2ccc(N3CCCS3(=O)=O)cc2)s1. The molecule has 0 saturated carbocycles. The van der Waals surface area contributed by atoms with Crippen LogP contribution in [0.3, 0.4) is 0 Å². The van der Waals surface area contributed by atoms with E-state index in [0.29, 0.717) is 29.3 Å². The van der Waals surface area contributed by atoms with E-state index in [0.717, 1.165) is 5.01 Å². The lowest BCUT2D eigenvalue weighted by atomic mass is 10.2. The molecule has 1 aromatic heterocycles. The third kappa shape index (κ3) is 2.95. The monoisotopic (exact) mass is 338 g/mol. The van der Waals surface area contributed by atoms with Gasteiger partial charge in [-0.3, -0.25) is 14.4 Å². The third-order valence-electron chi connectivity index (χ3n) is 3.26. The molecule has 3 rings (SSSR count). The van der Waals surface area contributed by atoms with Gasteiger partial charge in [0.2, 0.25) is 15.2 Å². The molecule has 1 aliphatic rings. The molecule has 0 radical (unpaired) electrons. The summed E-state index contributed by atoms with van der Waals surface area (Å²) in [4.78, 5) is 12.1. The predicted molar refractivity (Wildman–Crippen MR) is 84.8 cm³/mol. The third-order valence-corrected chi connectivity index (χ3v) is 5.89. The van der Waals surface area contributed by atoms with Crippen LogP contribution in [-0.2, 0) is 10.0 Å². The molecule has 22 heavy (non-hydrogen) atoms. The average Bonchev–Trinajstić information content (AvgIpc) is 3.04. The number of aryl methyl sites for hydroxylation is 1. The maximum absolute atomic E-state index is 12.1. The Morgan fingerprint density at radius 3 is 2.55 bits per heavy atom. The number of anilines is 2. The summed E-state index contributed by atoms with van der Waals surface area (Å²) in [6.45, 7) is 2.29. The summed E-state index contributed by atoms with van der Waals surface area (Å²) >= 11 is 1.29. The molecule has 0 spiro atoms. The summed E-state index contributed by atoms with van der Waals surface area (Å²) in [5.41, 5.74) is 1.02. The Kier molecular flexibility index (Phi) is 3.83. The molecule has 1 saturated heterocycles. The fourth-order valence-corrected chi connectivity index (χ4v) is 4.38. The Morgan fingerprint density at radius 1 is 1.27 bits per heavy atom. The second-order valence-electron chi connectivity index (χ2n) is 4.87. The van der Waals surface area contributed by atoms with Crippen LogP contribution in [0.25, 0.3) is 0 Å². The molecule has 0 aliphatic carbocycles. The van der Waals surface area contributed by atoms with E-state index >= 15 is 0 Å². The van der Waals surface area contributed by atoms with Gasteiger partial charge in [0, 0.05) is 12.1 Å². The molecule has 1 N–H and O–H groups in total. The molecule has 116 valence electrons. The summed E-state index contributed by atoms with van der Waals surface area (Å²) < 4.78 is 25.1. The van der Waals surface area contributed by atoms with Crippen LogP contribution in [0.5, 0.6) is 0 Å². The lowest BCUT2D eigenvalue weighted by molar-refractivity contribution is 0.102. The lowest BCUT2D eigenvalue weighted by Gasteiger charge is -2.16. The first-order chi connectivity index (χ1) is 10.5. The molecular formula is C13H14N4O3S2. The lowest BCUT2D eigenvalue weighted by Crippen LogP contribution is -2.25. The number of nitrogens with zero attached hydrogens (tertiary/aromatic N) is 3. The van der Waals surface area contributed by atoms with Crippen molar-refractivity contribution in [2.45, 2.75) is 13.3 Å². The second-order valence-corrected chi connectivity index (χ2v) is 8.06. The highest BCUT2D eigenvalue weighted by atomic mass is 32.2. The molecule has 0 atom stereocenters. The highest BCUT2D eigenvalue weighted by molar-refractivity contribution is 7.93. The molecular weight excluding hydrogens is 324 g/mol. The molecule has 7 nitrogen and oxygen atoms in total. The van der Waals surface area contributed by atoms with Gasteiger partial charge < -0.3 is 0 Å². The van der Waals surface area contributed by atoms with Crippen LogP contribution < -0.4 is 9.62 Å². The standard InChI is InChI=1S/C13H14N4O3S2/c1-9-15-16-13(21-9)14-12(18)10-3-5-11(6-4-10)17-7-2-8-22(17,19)20/h3-6H,2,7-8H2,1H3,(H,14,16,18). The summed E-state index contributed by atoms with van der Waals surface area (Å²) in [5.74, 6) is -0.127. The van der Waals surface area contributed by atoms with E-state index in [2.05, 4.69) is 15.5 Å². The summed E-state index contributed by atoms with van der Waals surface area (Å²) in [6, 6.07) is 6.49. The minimum atomic E-state index is -3.20. The van der Waals surface area contributed by atoms with E-state index in [1.807, 2.05) is 0 Å². The summed E-state index contributed by atoms with van der Waals surface area (Å²) in [5, 5.41) is 11.5. The maximum Gasteiger partial charge on any atom is 0.257 e. The van der Waals surface area contributed by atoms with E-state index in [4.69, 9.17) is 0 Å². The van der Waals surface area contributed by atoms with Gasteiger partial charge in [-0.2, -0.15) is 0 Å². The quantitative estimate of drug-likeness (QED) is 0.918. The largest absolute Gasteiger partial charge is 0.296 e. The zero-order valence-electron chi connectivity index (χ0n) is 11.8. The van der Waals surface area contributed by atoms with Gasteiger partial charge in [-0.1, -0.05) is 11.3 Å². The van der Waals surface area contributed by atoms with E-state index in [9.17, 15) is 13.2 Å². The van der Waals surface area contributed by atoms with Gasteiger partial charge in [-0.05, 0) is 37.6 Å². The second kappa shape index (κ2) is 5.65. The van der Waals surface area contributed by atoms with Crippen molar-refractivity contribution in [3.8, 4) is 0 Å². The topological polar surface area (TPSA) is 92.3 Å². The van der Waals surface area contributed by atoms with Crippen molar-refractivity contribution in [3.63, 3.8) is 0 Å². The van der Waals surface area contributed by atoms with Crippen LogP contribution in [0, 0.1) is 6.92 Å². The number of hydrogen-bond donors (Lipinski definition) is 1. The van der Waals surface area contributed by atoms with Gasteiger partial charge in [0.1, 0.15) is 5.01 Å². The van der Waals surface area contributed by atoms with Crippen molar-refractivity contribution in [1.82, 2.24) is 10.2 Å². The van der Waals surface area contributed by atoms with Crippen molar-refractivity contribution in [2.75, 3.05) is 21.9 Å². The van der Waals surface area contributed by atoms with E-state index in [1.165, 1.54) is 15.6 Å². The van der Waals surface area contributed by atoms with Gasteiger partial charge >= 0.3 is 0 Å². The first-order valence-corrected chi connectivity index (χ1v) is 9.10. The number of rotatable bonds is 3. The summed E-state index contributed by atoms with van der Waals surface area (Å²) in [6.07, 6.45) is 0.626. The number of benzene rings is 1. The van der Waals surface area contributed by atoms with Crippen molar-refractivity contribution < 1.29 is 13.2 Å². The van der Waals surface area contributed by atoms with Crippen molar-refractivity contribution in [3.05, 3.63) is 34.8 Å². The first kappa shape index (κ1) is 14.9. The summed E-state index contributed by atoms with van der Waals surface area (Å²) in [7, 11) is -3.20. The maximum atomic E-state index is 12.1. The van der Waals surface area contributed by atoms with Crippen LogP contribution in [-0.4, -0.2) is 36.8 Å². The van der Waals surface area contributed by atoms with E-state index in [1.54, 1.807) is 31.2 Å². The fraction of sp³-hybridized carbons (Fsp3) is 0.308. The van der Waals surface area contributed by atoms with E-state index in [-0.39, 0.29) is 11.7 Å². The number of sulfonamides is 1. The number of carbonyl (C=O) groups is 1. The molecule has 1 amide bonds. The normalized spacial score (nSPS) is 16.7. The highest BCUT2D eigenvalue weighted by Crippen LogP contribution is 2.24. The Morgan fingerprint density at radius 2 is 2.00 bits per heavy atom. The molecule has 0 bridgehead atoms. The number of amides is 1. The molecule has 0 unspecified atom stereocenters. The molecule has 1 aromatic carbocycles. The number of hydrogen-bond acceptors (Lipinski definition) is 6. The molecule has 9 heteroatoms. The first-order valence-electron chi connectivity index (χ1n) is 6.68. The molecule has 2 heterocycles. The predicted octanol–water partition coefficient (Wildman–Crippen LogP) is 1.64. The highest BCUT2D eigenvalue weighted by Gasteiger charge is 2.28. The fourth-order valence-electron chi connectivity index (χ4n) is 2.22. The van der Waals surface area contributed by atoms with Gasteiger partial charge in [0.15, 0.2) is 0 Å². The van der Waals surface area contributed by atoms with Crippen LogP contribution in [0.4, 0.5) is 10.8 Å². The van der Waals surface area contributed by atoms with Gasteiger partial charge in [0.05, 0.1) is 11.4 Å². The Balaban J connectivity index is 1.75. The Bertz CT molecular complexity index is 799. The molecule has 1 aliphatic heterocycles. The van der Waals surface area contributed by atoms with E-state index < -0.39 is 10.0 Å². The molecule has 1 fully saturated rings. The van der Waals surface area contributed by atoms with Gasteiger partial charge in [-0.25, -0.2) is 8.42 Å². The van der Waals surface area contributed by atoms with Crippen LogP contribution in [0.15, 0.2) is 24.3 Å². The average molecular weight is 338 g/mol. The van der Waals surface area contributed by atoms with Gasteiger partial charge in [-0.15, -0.1) is 10.2 Å². The number of aromatic nitrogens is 2. The van der Waals surface area contributed by atoms with Crippen molar-refractivity contribution in [1.29, 1.82) is 0 Å². The van der Waals surface area contributed by atoms with Crippen LogP contribution >= 0.6 is 11.3 Å². The van der Waals surface area contributed by atoms with Crippen LogP contribution in [0.2, 0.25) is 0 Å². The smallest absolute Gasteiger partial charge is 0.257 e. The van der Waals surface area contributed by atoms with Gasteiger partial charge in [0.25, 0.3) is 5.91 Å². The Labute approximate surface area is 132 Å². The Hall–Kier alpha value is -2.00. The number of carbonyl (C=O) groups excluding carboxylic acids is 1. The number of nitrogens with one attached hydrogen (secondary N) is 1. The minimum absolute atomic E-state index is 0.172. The molecule has 2 aromatic rings. The minimum Gasteiger partial charge on any atom is -0.296 e. The zero-order valence-corrected chi connectivity index (χ0v) is 13.4.